The Morgan fingerprint density at radius 2 is 2.19 bits per heavy atom. The summed E-state index contributed by atoms with van der Waals surface area (Å²) in [5, 5.41) is 21.9. The molecule has 4 rings (SSSR count). The first-order valence-corrected chi connectivity index (χ1v) is 11.3. The van der Waals surface area contributed by atoms with Gasteiger partial charge in [0.25, 0.3) is 0 Å². The number of hydrogen-bond donors (Lipinski definition) is 3. The molecule has 3 N–H and O–H groups in total. The van der Waals surface area contributed by atoms with Gasteiger partial charge in [-0.25, -0.2) is 19.2 Å². The normalized spacial score (nSPS) is 17.6. The molecular weight excluding hydrogens is 433 g/mol. The number of aliphatic hydroxyl groups is 2. The van der Waals surface area contributed by atoms with Crippen molar-refractivity contribution in [2.75, 3.05) is 36.5 Å². The molecule has 1 aliphatic rings. The Labute approximate surface area is 189 Å². The molecule has 1 aliphatic heterocycles. The number of carbonyl (C=O) groups is 1. The van der Waals surface area contributed by atoms with E-state index in [0.29, 0.717) is 30.3 Å². The number of amides is 2. The van der Waals surface area contributed by atoms with Crippen molar-refractivity contribution in [3.05, 3.63) is 47.4 Å². The van der Waals surface area contributed by atoms with Crippen molar-refractivity contribution in [1.82, 2.24) is 14.9 Å². The minimum absolute atomic E-state index is 0.135. The summed E-state index contributed by atoms with van der Waals surface area (Å²) in [6.45, 7) is 4.85. The third-order valence-electron chi connectivity index (χ3n) is 5.51. The van der Waals surface area contributed by atoms with Crippen LogP contribution < -0.4 is 10.2 Å². The van der Waals surface area contributed by atoms with E-state index >= 15 is 0 Å². The van der Waals surface area contributed by atoms with Crippen molar-refractivity contribution < 1.29 is 19.4 Å². The lowest BCUT2D eigenvalue weighted by atomic mass is 10.1. The van der Waals surface area contributed by atoms with Gasteiger partial charge in [-0.3, -0.25) is 5.32 Å². The van der Waals surface area contributed by atoms with Gasteiger partial charge in [0.1, 0.15) is 0 Å². The van der Waals surface area contributed by atoms with Gasteiger partial charge < -0.3 is 20.0 Å². The van der Waals surface area contributed by atoms with E-state index in [2.05, 4.69) is 15.3 Å². The second kappa shape index (κ2) is 9.35. The summed E-state index contributed by atoms with van der Waals surface area (Å²) in [6.07, 6.45) is 0.704. The molecule has 3 heterocycles. The first kappa shape index (κ1) is 22.4. The first-order chi connectivity index (χ1) is 15.3. The van der Waals surface area contributed by atoms with Crippen LogP contribution >= 0.6 is 11.3 Å². The van der Waals surface area contributed by atoms with Crippen LogP contribution in [0.4, 0.5) is 20.1 Å². The summed E-state index contributed by atoms with van der Waals surface area (Å²) in [4.78, 5) is 25.1. The van der Waals surface area contributed by atoms with Crippen LogP contribution in [0, 0.1) is 12.7 Å². The van der Waals surface area contributed by atoms with Gasteiger partial charge in [-0.2, -0.15) is 0 Å². The molecule has 0 radical (unpaired) electrons. The number of halogens is 1. The number of thiazole rings is 1. The van der Waals surface area contributed by atoms with E-state index in [-0.39, 0.29) is 30.9 Å². The average molecular weight is 460 g/mol. The van der Waals surface area contributed by atoms with E-state index in [0.717, 1.165) is 15.8 Å². The zero-order chi connectivity index (χ0) is 22.8. The number of fused-ring (bicyclic) bond motifs is 1. The van der Waals surface area contributed by atoms with E-state index in [1.54, 1.807) is 4.90 Å². The first-order valence-electron chi connectivity index (χ1n) is 10.5. The number of nitrogens with zero attached hydrogens (tertiary/aromatic N) is 4. The third kappa shape index (κ3) is 4.82. The lowest BCUT2D eigenvalue weighted by Gasteiger charge is -2.40. The van der Waals surface area contributed by atoms with Gasteiger partial charge in [0, 0.05) is 38.3 Å². The number of nitrogens with one attached hydrogen (secondary N) is 1. The molecule has 0 saturated carbocycles. The molecule has 0 unspecified atom stereocenters. The van der Waals surface area contributed by atoms with Gasteiger partial charge in [-0.05, 0) is 43.2 Å². The van der Waals surface area contributed by atoms with Gasteiger partial charge in [0.15, 0.2) is 16.8 Å². The van der Waals surface area contributed by atoms with Gasteiger partial charge in [0.2, 0.25) is 0 Å². The maximum atomic E-state index is 14.6. The Balaban J connectivity index is 1.39. The molecule has 3 aromatic rings. The van der Waals surface area contributed by atoms with Crippen LogP contribution in [0.5, 0.6) is 0 Å². The third-order valence-corrected chi connectivity index (χ3v) is 6.44. The number of aliphatic hydroxyl groups excluding tert-OH is 2. The monoisotopic (exact) mass is 459 g/mol. The smallest absolute Gasteiger partial charge is 0.324 e. The molecule has 10 heteroatoms. The highest BCUT2D eigenvalue weighted by atomic mass is 32.1. The lowest BCUT2D eigenvalue weighted by molar-refractivity contribution is 0.0954. The Morgan fingerprint density at radius 3 is 2.91 bits per heavy atom. The fourth-order valence-corrected chi connectivity index (χ4v) is 4.81. The SMILES string of the molecule is Cc1ccc2nc(NC(=O)N3CCN(c4ncc(C[C@@H](O)CO)cc4F)C[C@@H]3C)sc2c1. The number of rotatable bonds is 5. The number of hydrogen-bond acceptors (Lipinski definition) is 7. The number of aromatic nitrogens is 2. The van der Waals surface area contributed by atoms with Crippen LogP contribution in [0.15, 0.2) is 30.5 Å². The number of carbonyl (C=O) groups excluding carboxylic acids is 1. The highest BCUT2D eigenvalue weighted by Crippen LogP contribution is 2.27. The lowest BCUT2D eigenvalue weighted by Crippen LogP contribution is -2.55. The minimum atomic E-state index is -0.941. The number of urea groups is 1. The molecule has 1 saturated heterocycles. The highest BCUT2D eigenvalue weighted by molar-refractivity contribution is 7.22. The van der Waals surface area contributed by atoms with Crippen molar-refractivity contribution in [2.45, 2.75) is 32.4 Å². The number of aryl methyl sites for hydroxylation is 1. The number of piperazine rings is 1. The topological polar surface area (TPSA) is 102 Å². The molecule has 1 fully saturated rings. The van der Waals surface area contributed by atoms with E-state index in [1.807, 2.05) is 36.9 Å². The molecule has 170 valence electrons. The summed E-state index contributed by atoms with van der Waals surface area (Å²) in [6, 6.07) is 6.92. The van der Waals surface area contributed by atoms with Crippen LogP contribution in [-0.2, 0) is 6.42 Å². The van der Waals surface area contributed by atoms with E-state index < -0.39 is 11.9 Å². The molecule has 8 nitrogen and oxygen atoms in total. The fraction of sp³-hybridized carbons (Fsp3) is 0.409. The summed E-state index contributed by atoms with van der Waals surface area (Å²) < 4.78 is 15.7. The van der Waals surface area contributed by atoms with Crippen molar-refractivity contribution in [3.8, 4) is 0 Å². The maximum absolute atomic E-state index is 14.6. The second-order valence-corrected chi connectivity index (χ2v) is 9.13. The molecule has 2 atom stereocenters. The van der Waals surface area contributed by atoms with Gasteiger partial charge in [0.05, 0.1) is 22.9 Å². The fourth-order valence-electron chi connectivity index (χ4n) is 3.85. The summed E-state index contributed by atoms with van der Waals surface area (Å²) in [7, 11) is 0. The zero-order valence-corrected chi connectivity index (χ0v) is 18.8. The predicted octanol–water partition coefficient (Wildman–Crippen LogP) is 2.78. The average Bonchev–Trinajstić information content (AvgIpc) is 3.14. The van der Waals surface area contributed by atoms with Gasteiger partial charge in [-0.1, -0.05) is 17.4 Å². The van der Waals surface area contributed by atoms with Crippen molar-refractivity contribution >= 4 is 38.5 Å². The van der Waals surface area contributed by atoms with Crippen molar-refractivity contribution in [1.29, 1.82) is 0 Å². The van der Waals surface area contributed by atoms with E-state index in [1.165, 1.54) is 23.6 Å². The predicted molar refractivity (Wildman–Crippen MR) is 123 cm³/mol. The zero-order valence-electron chi connectivity index (χ0n) is 18.0. The molecule has 2 aromatic heterocycles. The van der Waals surface area contributed by atoms with Gasteiger partial charge >= 0.3 is 6.03 Å². The second-order valence-electron chi connectivity index (χ2n) is 8.10. The van der Waals surface area contributed by atoms with Crippen LogP contribution in [0.1, 0.15) is 18.1 Å². The molecule has 1 aromatic carbocycles. The van der Waals surface area contributed by atoms with Crippen LogP contribution in [0.3, 0.4) is 0 Å². The maximum Gasteiger partial charge on any atom is 0.324 e. The Morgan fingerprint density at radius 1 is 1.38 bits per heavy atom. The standard InChI is InChI=1S/C22H26FN5O3S/c1-13-3-4-18-19(7-13)32-21(25-18)26-22(31)28-6-5-27(11-14(28)2)20-17(23)9-15(10-24-20)8-16(30)12-29/h3-4,7,9-10,14,16,29-30H,5-6,8,11-12H2,1-2H3,(H,25,26,31)/t14-,16+/m0/s1. The quantitative estimate of drug-likeness (QED) is 0.542. The number of pyridine rings is 1. The number of benzene rings is 1. The molecule has 0 spiro atoms. The van der Waals surface area contributed by atoms with Crippen LogP contribution in [0.25, 0.3) is 10.2 Å². The van der Waals surface area contributed by atoms with E-state index in [9.17, 15) is 14.3 Å². The molecule has 0 aliphatic carbocycles. The summed E-state index contributed by atoms with van der Waals surface area (Å²) in [5.74, 6) is -0.261. The summed E-state index contributed by atoms with van der Waals surface area (Å²) >= 11 is 1.44. The highest BCUT2D eigenvalue weighted by Gasteiger charge is 2.30. The summed E-state index contributed by atoms with van der Waals surface area (Å²) in [5.41, 5.74) is 2.51. The van der Waals surface area contributed by atoms with Crippen LogP contribution in [-0.4, -0.2) is 69.5 Å². The Kier molecular flexibility index (Phi) is 6.54. The largest absolute Gasteiger partial charge is 0.394 e. The van der Waals surface area contributed by atoms with Gasteiger partial charge in [-0.15, -0.1) is 0 Å². The van der Waals surface area contributed by atoms with Crippen molar-refractivity contribution in [2.24, 2.45) is 0 Å². The molecule has 2 amide bonds. The van der Waals surface area contributed by atoms with E-state index in [4.69, 9.17) is 5.11 Å². The Bertz CT molecular complexity index is 1120. The van der Waals surface area contributed by atoms with Crippen LogP contribution in [0.2, 0.25) is 0 Å². The molecular formula is C22H26FN5O3S. The Hall–Kier alpha value is -2.82. The molecule has 32 heavy (non-hydrogen) atoms. The van der Waals surface area contributed by atoms with Crippen molar-refractivity contribution in [3.63, 3.8) is 0 Å². The molecule has 0 bridgehead atoms. The minimum Gasteiger partial charge on any atom is -0.394 e. The number of anilines is 2.